The fraction of sp³-hybridized carbons (Fsp3) is 0.381. The van der Waals surface area contributed by atoms with Gasteiger partial charge in [0.15, 0.2) is 0 Å². The summed E-state index contributed by atoms with van der Waals surface area (Å²) < 4.78 is 6.23. The lowest BCUT2D eigenvalue weighted by molar-refractivity contribution is 0.302. The van der Waals surface area contributed by atoms with Gasteiger partial charge in [-0.3, -0.25) is 4.99 Å². The first kappa shape index (κ1) is 14.5. The van der Waals surface area contributed by atoms with Gasteiger partial charge in [-0.15, -0.1) is 0 Å². The first-order valence-electron chi connectivity index (χ1n) is 8.58. The van der Waals surface area contributed by atoms with Crippen LogP contribution in [0.4, 0.5) is 0 Å². The molecule has 0 N–H and O–H groups in total. The molecule has 2 unspecified atom stereocenters. The standard InChI is InChI=1S/C21H23NO/c1-14-12-19(14)21-18-10-11-22-15(2)17(18)8-9-20(21)23-13-16-6-4-3-5-7-16/h3-9,14,19H,10-13H2,1-2H3. The van der Waals surface area contributed by atoms with Crippen LogP contribution < -0.4 is 4.74 Å². The van der Waals surface area contributed by atoms with Gasteiger partial charge in [-0.25, -0.2) is 0 Å². The summed E-state index contributed by atoms with van der Waals surface area (Å²) in [6, 6.07) is 14.8. The molecule has 2 atom stereocenters. The molecule has 1 fully saturated rings. The maximum Gasteiger partial charge on any atom is 0.123 e. The van der Waals surface area contributed by atoms with E-state index in [-0.39, 0.29) is 0 Å². The van der Waals surface area contributed by atoms with Crippen molar-refractivity contribution < 1.29 is 4.74 Å². The minimum Gasteiger partial charge on any atom is -0.489 e. The quantitative estimate of drug-likeness (QED) is 0.798. The highest BCUT2D eigenvalue weighted by Gasteiger charge is 2.38. The Hall–Kier alpha value is -2.09. The van der Waals surface area contributed by atoms with Gasteiger partial charge in [0.05, 0.1) is 0 Å². The monoisotopic (exact) mass is 305 g/mol. The molecular formula is C21H23NO. The lowest BCUT2D eigenvalue weighted by Gasteiger charge is -2.22. The molecule has 2 aliphatic rings. The Morgan fingerprint density at radius 1 is 1.13 bits per heavy atom. The van der Waals surface area contributed by atoms with E-state index < -0.39 is 0 Å². The fourth-order valence-corrected chi connectivity index (χ4v) is 3.66. The van der Waals surface area contributed by atoms with E-state index in [2.05, 4.69) is 55.2 Å². The zero-order valence-electron chi connectivity index (χ0n) is 13.9. The highest BCUT2D eigenvalue weighted by Crippen LogP contribution is 2.52. The number of benzene rings is 2. The number of nitrogens with zero attached hydrogens (tertiary/aromatic N) is 1. The van der Waals surface area contributed by atoms with E-state index in [1.807, 2.05) is 6.07 Å². The van der Waals surface area contributed by atoms with Crippen molar-refractivity contribution in [3.8, 4) is 5.75 Å². The number of ether oxygens (including phenoxy) is 1. The van der Waals surface area contributed by atoms with Crippen molar-refractivity contribution in [1.82, 2.24) is 0 Å². The maximum absolute atomic E-state index is 6.23. The van der Waals surface area contributed by atoms with Crippen LogP contribution >= 0.6 is 0 Å². The van der Waals surface area contributed by atoms with Crippen LogP contribution in [0.2, 0.25) is 0 Å². The minimum atomic E-state index is 0.640. The number of hydrogen-bond acceptors (Lipinski definition) is 2. The van der Waals surface area contributed by atoms with Crippen molar-refractivity contribution in [2.24, 2.45) is 10.9 Å². The Kier molecular flexibility index (Phi) is 3.68. The molecule has 0 radical (unpaired) electrons. The van der Waals surface area contributed by atoms with Crippen LogP contribution in [0.3, 0.4) is 0 Å². The molecule has 23 heavy (non-hydrogen) atoms. The van der Waals surface area contributed by atoms with Crippen LogP contribution in [-0.2, 0) is 13.0 Å². The Morgan fingerprint density at radius 3 is 2.65 bits per heavy atom. The number of rotatable bonds is 4. The van der Waals surface area contributed by atoms with E-state index in [1.54, 1.807) is 0 Å². The second-order valence-corrected chi connectivity index (χ2v) is 6.81. The molecule has 4 rings (SSSR count). The summed E-state index contributed by atoms with van der Waals surface area (Å²) >= 11 is 0. The van der Waals surface area contributed by atoms with Gasteiger partial charge >= 0.3 is 0 Å². The Labute approximate surface area is 138 Å². The van der Waals surface area contributed by atoms with Gasteiger partial charge in [0.1, 0.15) is 12.4 Å². The molecule has 2 nitrogen and oxygen atoms in total. The van der Waals surface area contributed by atoms with Crippen LogP contribution in [0.15, 0.2) is 47.5 Å². The molecule has 1 heterocycles. The third-order valence-electron chi connectivity index (χ3n) is 5.14. The topological polar surface area (TPSA) is 21.6 Å². The lowest BCUT2D eigenvalue weighted by atomic mass is 9.90. The first-order valence-corrected chi connectivity index (χ1v) is 8.58. The van der Waals surface area contributed by atoms with Crippen molar-refractivity contribution in [3.05, 3.63) is 64.7 Å². The highest BCUT2D eigenvalue weighted by molar-refractivity contribution is 6.01. The molecule has 1 saturated carbocycles. The number of aliphatic imine (C=N–C) groups is 1. The third kappa shape index (κ3) is 2.78. The molecule has 2 aromatic rings. The van der Waals surface area contributed by atoms with Gasteiger partial charge < -0.3 is 4.74 Å². The summed E-state index contributed by atoms with van der Waals surface area (Å²) in [7, 11) is 0. The zero-order valence-corrected chi connectivity index (χ0v) is 13.9. The first-order chi connectivity index (χ1) is 11.2. The van der Waals surface area contributed by atoms with Gasteiger partial charge in [-0.1, -0.05) is 37.3 Å². The summed E-state index contributed by atoms with van der Waals surface area (Å²) in [4.78, 5) is 4.61. The normalized spacial score (nSPS) is 22.3. The molecule has 0 amide bonds. The summed E-state index contributed by atoms with van der Waals surface area (Å²) in [5.41, 5.74) is 6.67. The molecular weight excluding hydrogens is 282 g/mol. The van der Waals surface area contributed by atoms with Gasteiger partial charge in [-0.05, 0) is 60.4 Å². The highest BCUT2D eigenvalue weighted by atomic mass is 16.5. The van der Waals surface area contributed by atoms with Crippen LogP contribution in [-0.4, -0.2) is 12.3 Å². The van der Waals surface area contributed by atoms with Crippen molar-refractivity contribution in [2.75, 3.05) is 6.54 Å². The number of fused-ring (bicyclic) bond motifs is 1. The van der Waals surface area contributed by atoms with Gasteiger partial charge in [0.25, 0.3) is 0 Å². The molecule has 1 aliphatic carbocycles. The Bertz CT molecular complexity index is 748. The zero-order chi connectivity index (χ0) is 15.8. The van der Waals surface area contributed by atoms with Crippen molar-refractivity contribution in [2.45, 2.75) is 39.2 Å². The van der Waals surface area contributed by atoms with Gasteiger partial charge in [0, 0.05) is 17.8 Å². The second kappa shape index (κ2) is 5.84. The predicted octanol–water partition coefficient (Wildman–Crippen LogP) is 4.75. The summed E-state index contributed by atoms with van der Waals surface area (Å²) in [5, 5.41) is 0. The molecule has 0 spiro atoms. The van der Waals surface area contributed by atoms with E-state index in [0.29, 0.717) is 12.5 Å². The summed E-state index contributed by atoms with van der Waals surface area (Å²) in [6.45, 7) is 6.02. The molecule has 0 bridgehead atoms. The van der Waals surface area contributed by atoms with Gasteiger partial charge in [-0.2, -0.15) is 0 Å². The smallest absolute Gasteiger partial charge is 0.123 e. The van der Waals surface area contributed by atoms with Gasteiger partial charge in [0.2, 0.25) is 0 Å². The van der Waals surface area contributed by atoms with Crippen LogP contribution in [0.1, 0.15) is 48.4 Å². The maximum atomic E-state index is 6.23. The SMILES string of the molecule is CC1=NCCc2c1ccc(OCc1ccccc1)c2C1CC1C. The van der Waals surface area contributed by atoms with Crippen molar-refractivity contribution >= 4 is 5.71 Å². The van der Waals surface area contributed by atoms with E-state index in [9.17, 15) is 0 Å². The second-order valence-electron chi connectivity index (χ2n) is 6.81. The fourth-order valence-electron chi connectivity index (χ4n) is 3.66. The average Bonchev–Trinajstić information content (AvgIpc) is 3.30. The molecule has 1 aliphatic heterocycles. The predicted molar refractivity (Wildman–Crippen MR) is 94.5 cm³/mol. The average molecular weight is 305 g/mol. The van der Waals surface area contributed by atoms with Crippen LogP contribution in [0.5, 0.6) is 5.75 Å². The largest absolute Gasteiger partial charge is 0.489 e. The van der Waals surface area contributed by atoms with Crippen LogP contribution in [0, 0.1) is 5.92 Å². The number of hydrogen-bond donors (Lipinski definition) is 0. The molecule has 2 heteroatoms. The Morgan fingerprint density at radius 2 is 1.91 bits per heavy atom. The summed E-state index contributed by atoms with van der Waals surface area (Å²) in [5.74, 6) is 2.53. The minimum absolute atomic E-state index is 0.640. The van der Waals surface area contributed by atoms with E-state index >= 15 is 0 Å². The third-order valence-corrected chi connectivity index (χ3v) is 5.14. The Balaban J connectivity index is 1.68. The van der Waals surface area contributed by atoms with E-state index in [1.165, 1.54) is 34.4 Å². The van der Waals surface area contributed by atoms with E-state index in [4.69, 9.17) is 4.74 Å². The molecule has 2 aromatic carbocycles. The molecule has 0 saturated heterocycles. The molecule has 118 valence electrons. The van der Waals surface area contributed by atoms with Crippen molar-refractivity contribution in [3.63, 3.8) is 0 Å². The molecule has 0 aromatic heterocycles. The van der Waals surface area contributed by atoms with Crippen LogP contribution in [0.25, 0.3) is 0 Å². The summed E-state index contributed by atoms with van der Waals surface area (Å²) in [6.07, 6.45) is 2.34. The van der Waals surface area contributed by atoms with E-state index in [0.717, 1.165) is 24.6 Å². The van der Waals surface area contributed by atoms with Crippen molar-refractivity contribution in [1.29, 1.82) is 0 Å². The lowest BCUT2D eigenvalue weighted by Crippen LogP contribution is -2.13.